The monoisotopic (exact) mass is 331 g/mol. The zero-order chi connectivity index (χ0) is 17.6. The van der Waals surface area contributed by atoms with Gasteiger partial charge in [-0.2, -0.15) is 0 Å². The summed E-state index contributed by atoms with van der Waals surface area (Å²) in [7, 11) is 1.98. The van der Waals surface area contributed by atoms with Gasteiger partial charge in [-0.15, -0.1) is 0 Å². The molecule has 0 saturated heterocycles. The number of benzene rings is 2. The lowest BCUT2D eigenvalue weighted by Gasteiger charge is -2.07. The molecular weight excluding hydrogens is 310 g/mol. The molecule has 0 aliphatic heterocycles. The molecule has 4 rings (SSSR count). The average molecular weight is 331 g/mol. The molecule has 1 saturated carbocycles. The molecule has 3 aromatic rings. The van der Waals surface area contributed by atoms with Gasteiger partial charge in [0.2, 0.25) is 5.91 Å². The van der Waals surface area contributed by atoms with Crippen LogP contribution in [-0.4, -0.2) is 15.5 Å². The van der Waals surface area contributed by atoms with Crippen molar-refractivity contribution in [1.82, 2.24) is 9.55 Å². The molecule has 25 heavy (non-hydrogen) atoms. The van der Waals surface area contributed by atoms with Crippen LogP contribution in [0.1, 0.15) is 29.9 Å². The number of primary amides is 1. The van der Waals surface area contributed by atoms with Gasteiger partial charge in [0.1, 0.15) is 5.82 Å². The second-order valence-corrected chi connectivity index (χ2v) is 7.00. The Labute approximate surface area is 147 Å². The molecule has 0 bridgehead atoms. The largest absolute Gasteiger partial charge is 0.369 e. The van der Waals surface area contributed by atoms with Crippen molar-refractivity contribution in [2.24, 2.45) is 18.2 Å². The van der Waals surface area contributed by atoms with E-state index in [0.717, 1.165) is 17.0 Å². The third kappa shape index (κ3) is 2.37. The molecule has 1 aliphatic rings. The Hall–Kier alpha value is -2.88. The number of imidazole rings is 1. The van der Waals surface area contributed by atoms with Crippen LogP contribution in [0.15, 0.2) is 67.0 Å². The summed E-state index contributed by atoms with van der Waals surface area (Å²) in [6.07, 6.45) is 3.72. The lowest BCUT2D eigenvalue weighted by Crippen LogP contribution is -2.24. The van der Waals surface area contributed by atoms with Gasteiger partial charge in [0.15, 0.2) is 0 Å². The lowest BCUT2D eigenvalue weighted by atomic mass is 9.99. The maximum Gasteiger partial charge on any atom is 0.224 e. The van der Waals surface area contributed by atoms with Gasteiger partial charge in [0.05, 0.1) is 5.41 Å². The standard InChI is InChI=1S/C21H21N3O/c1-21(20(22)25)17(14-6-4-3-5-7-14)18(21)15-8-10-16(11-9-15)19-23-12-13-24(19)2/h3-13,17-18H,1-2H3,(H2,22,25). The number of carbonyl (C=O) groups is 1. The molecule has 2 aromatic carbocycles. The number of rotatable bonds is 4. The van der Waals surface area contributed by atoms with Gasteiger partial charge in [0, 0.05) is 36.8 Å². The van der Waals surface area contributed by atoms with E-state index in [9.17, 15) is 4.79 Å². The van der Waals surface area contributed by atoms with Gasteiger partial charge in [-0.1, -0.05) is 54.6 Å². The molecule has 0 radical (unpaired) electrons. The molecule has 1 fully saturated rings. The lowest BCUT2D eigenvalue weighted by molar-refractivity contribution is -0.122. The number of aryl methyl sites for hydroxylation is 1. The maximum absolute atomic E-state index is 12.2. The van der Waals surface area contributed by atoms with E-state index in [1.54, 1.807) is 6.20 Å². The molecule has 4 heteroatoms. The van der Waals surface area contributed by atoms with Crippen molar-refractivity contribution in [3.05, 3.63) is 78.1 Å². The number of aromatic nitrogens is 2. The summed E-state index contributed by atoms with van der Waals surface area (Å²) in [5.41, 5.74) is 8.61. The zero-order valence-corrected chi connectivity index (χ0v) is 14.4. The van der Waals surface area contributed by atoms with Crippen LogP contribution in [0.4, 0.5) is 0 Å². The van der Waals surface area contributed by atoms with Crippen molar-refractivity contribution in [2.45, 2.75) is 18.8 Å². The molecule has 4 nitrogen and oxygen atoms in total. The third-order valence-electron chi connectivity index (χ3n) is 5.56. The first-order valence-corrected chi connectivity index (χ1v) is 8.46. The third-order valence-corrected chi connectivity index (χ3v) is 5.56. The van der Waals surface area contributed by atoms with Crippen molar-refractivity contribution in [2.75, 3.05) is 0 Å². The summed E-state index contributed by atoms with van der Waals surface area (Å²) < 4.78 is 1.99. The van der Waals surface area contributed by atoms with Crippen LogP contribution in [-0.2, 0) is 11.8 Å². The Morgan fingerprint density at radius 3 is 2.16 bits per heavy atom. The van der Waals surface area contributed by atoms with Gasteiger partial charge < -0.3 is 10.3 Å². The van der Waals surface area contributed by atoms with E-state index in [4.69, 9.17) is 5.73 Å². The Kier molecular flexibility index (Phi) is 3.49. The van der Waals surface area contributed by atoms with Crippen molar-refractivity contribution in [3.8, 4) is 11.4 Å². The minimum Gasteiger partial charge on any atom is -0.369 e. The summed E-state index contributed by atoms with van der Waals surface area (Å²) in [6.45, 7) is 1.98. The van der Waals surface area contributed by atoms with Crippen LogP contribution in [0.25, 0.3) is 11.4 Å². The van der Waals surface area contributed by atoms with E-state index in [1.807, 2.05) is 42.9 Å². The summed E-state index contributed by atoms with van der Waals surface area (Å²) >= 11 is 0. The first-order chi connectivity index (χ1) is 12.0. The summed E-state index contributed by atoms with van der Waals surface area (Å²) in [6, 6.07) is 18.5. The number of amides is 1. The predicted octanol–water partition coefficient (Wildman–Crippen LogP) is 3.46. The van der Waals surface area contributed by atoms with Crippen molar-refractivity contribution >= 4 is 5.91 Å². The van der Waals surface area contributed by atoms with Crippen LogP contribution in [0.5, 0.6) is 0 Å². The molecular formula is C21H21N3O. The highest BCUT2D eigenvalue weighted by Crippen LogP contribution is 2.69. The van der Waals surface area contributed by atoms with Gasteiger partial charge in [-0.25, -0.2) is 4.98 Å². The summed E-state index contributed by atoms with van der Waals surface area (Å²) in [5, 5.41) is 0. The number of nitrogens with two attached hydrogens (primary N) is 1. The SMILES string of the molecule is Cn1ccnc1-c1ccc(C2C(c3ccccc3)C2(C)C(N)=O)cc1. The topological polar surface area (TPSA) is 60.9 Å². The fourth-order valence-corrected chi connectivity index (χ4v) is 4.04. The van der Waals surface area contributed by atoms with Crippen LogP contribution < -0.4 is 5.73 Å². The van der Waals surface area contributed by atoms with E-state index in [-0.39, 0.29) is 17.7 Å². The highest BCUT2D eigenvalue weighted by molar-refractivity contribution is 5.88. The second-order valence-electron chi connectivity index (χ2n) is 7.00. The Morgan fingerprint density at radius 2 is 1.64 bits per heavy atom. The molecule has 1 heterocycles. The molecule has 1 aliphatic carbocycles. The van der Waals surface area contributed by atoms with Crippen LogP contribution in [0.3, 0.4) is 0 Å². The molecule has 1 aromatic heterocycles. The molecule has 0 spiro atoms. The van der Waals surface area contributed by atoms with Crippen LogP contribution >= 0.6 is 0 Å². The first-order valence-electron chi connectivity index (χ1n) is 8.46. The number of hydrogen-bond acceptors (Lipinski definition) is 2. The fraction of sp³-hybridized carbons (Fsp3) is 0.238. The zero-order valence-electron chi connectivity index (χ0n) is 14.4. The number of nitrogens with zero attached hydrogens (tertiary/aromatic N) is 2. The molecule has 3 unspecified atom stereocenters. The molecule has 3 atom stereocenters. The van der Waals surface area contributed by atoms with E-state index >= 15 is 0 Å². The van der Waals surface area contributed by atoms with Gasteiger partial charge in [-0.3, -0.25) is 4.79 Å². The number of carbonyl (C=O) groups excluding carboxylic acids is 1. The van der Waals surface area contributed by atoms with E-state index in [1.165, 1.54) is 5.56 Å². The summed E-state index contributed by atoms with van der Waals surface area (Å²) in [4.78, 5) is 16.5. The molecule has 126 valence electrons. The predicted molar refractivity (Wildman–Crippen MR) is 97.9 cm³/mol. The minimum absolute atomic E-state index is 0.114. The minimum atomic E-state index is -0.536. The van der Waals surface area contributed by atoms with E-state index < -0.39 is 5.41 Å². The second kappa shape index (κ2) is 5.59. The first kappa shape index (κ1) is 15.6. The van der Waals surface area contributed by atoms with Gasteiger partial charge in [-0.05, 0) is 18.1 Å². The van der Waals surface area contributed by atoms with E-state index in [2.05, 4.69) is 41.4 Å². The van der Waals surface area contributed by atoms with Crippen LogP contribution in [0, 0.1) is 5.41 Å². The quantitative estimate of drug-likeness (QED) is 0.796. The Morgan fingerprint density at radius 1 is 1.04 bits per heavy atom. The fourth-order valence-electron chi connectivity index (χ4n) is 4.04. The van der Waals surface area contributed by atoms with E-state index in [0.29, 0.717) is 0 Å². The highest BCUT2D eigenvalue weighted by Gasteiger charge is 2.66. The maximum atomic E-state index is 12.2. The molecule has 1 amide bonds. The van der Waals surface area contributed by atoms with Crippen molar-refractivity contribution < 1.29 is 4.79 Å². The Balaban J connectivity index is 1.69. The van der Waals surface area contributed by atoms with Crippen LogP contribution in [0.2, 0.25) is 0 Å². The Bertz CT molecular complexity index is 914. The normalized spacial score (nSPS) is 24.9. The average Bonchev–Trinajstić information content (AvgIpc) is 3.05. The smallest absolute Gasteiger partial charge is 0.224 e. The van der Waals surface area contributed by atoms with Crippen molar-refractivity contribution in [1.29, 1.82) is 0 Å². The number of hydrogen-bond donors (Lipinski definition) is 1. The molecule has 2 N–H and O–H groups in total. The highest BCUT2D eigenvalue weighted by atomic mass is 16.1. The van der Waals surface area contributed by atoms with Gasteiger partial charge >= 0.3 is 0 Å². The van der Waals surface area contributed by atoms with Crippen molar-refractivity contribution in [3.63, 3.8) is 0 Å². The van der Waals surface area contributed by atoms with Gasteiger partial charge in [0.25, 0.3) is 0 Å². The summed E-state index contributed by atoms with van der Waals surface area (Å²) in [5.74, 6) is 0.937.